The van der Waals surface area contributed by atoms with Crippen molar-refractivity contribution < 1.29 is 4.79 Å². The fourth-order valence-corrected chi connectivity index (χ4v) is 2.91. The van der Waals surface area contributed by atoms with Crippen LogP contribution in [0.3, 0.4) is 0 Å². The summed E-state index contributed by atoms with van der Waals surface area (Å²) in [4.78, 5) is 13.7. The number of hydrogen-bond acceptors (Lipinski definition) is 5. The highest BCUT2D eigenvalue weighted by Gasteiger charge is 2.13. The van der Waals surface area contributed by atoms with Gasteiger partial charge in [0, 0.05) is 29.3 Å². The second kappa shape index (κ2) is 7.84. The molecule has 0 fully saturated rings. The Morgan fingerprint density at radius 1 is 1.03 bits per heavy atom. The molecule has 146 valence electrons. The van der Waals surface area contributed by atoms with Crippen LogP contribution >= 0.6 is 11.6 Å². The maximum Gasteiger partial charge on any atom is 0.249 e. The smallest absolute Gasteiger partial charge is 0.249 e. The summed E-state index contributed by atoms with van der Waals surface area (Å²) in [5, 5.41) is 20.2. The fraction of sp³-hybridized carbons (Fsp3) is 0.150. The predicted molar refractivity (Wildman–Crippen MR) is 110 cm³/mol. The topological polar surface area (TPSA) is 90.5 Å². The predicted octanol–water partition coefficient (Wildman–Crippen LogP) is 3.34. The number of tetrazole rings is 1. The van der Waals surface area contributed by atoms with Crippen LogP contribution in [0.2, 0.25) is 5.02 Å². The highest BCUT2D eigenvalue weighted by Crippen LogP contribution is 2.23. The summed E-state index contributed by atoms with van der Waals surface area (Å²) < 4.78 is 1.61. The van der Waals surface area contributed by atoms with E-state index in [0.29, 0.717) is 16.7 Å². The van der Waals surface area contributed by atoms with Crippen molar-refractivity contribution >= 4 is 23.3 Å². The van der Waals surface area contributed by atoms with E-state index in [4.69, 9.17) is 11.6 Å². The van der Waals surface area contributed by atoms with Gasteiger partial charge in [0.1, 0.15) is 12.4 Å². The molecule has 2 heterocycles. The number of carbonyl (C=O) groups excluding carboxylic acids is 1. The molecule has 0 saturated carbocycles. The van der Waals surface area contributed by atoms with Gasteiger partial charge in [0.25, 0.3) is 0 Å². The summed E-state index contributed by atoms with van der Waals surface area (Å²) in [6.45, 7) is 1.95. The average molecular weight is 408 g/mol. The summed E-state index contributed by atoms with van der Waals surface area (Å²) in [7, 11) is 1.76. The quantitative estimate of drug-likeness (QED) is 0.548. The van der Waals surface area contributed by atoms with E-state index in [-0.39, 0.29) is 12.5 Å². The molecule has 0 aliphatic heterocycles. The zero-order valence-corrected chi connectivity index (χ0v) is 16.6. The van der Waals surface area contributed by atoms with E-state index in [1.54, 1.807) is 29.9 Å². The minimum atomic E-state index is -0.275. The summed E-state index contributed by atoms with van der Waals surface area (Å²) in [6, 6.07) is 16.9. The molecular formula is C20H18ClN7O. The van der Waals surface area contributed by atoms with E-state index in [0.717, 1.165) is 22.4 Å². The molecule has 1 N–H and O–H groups in total. The van der Waals surface area contributed by atoms with Crippen LogP contribution in [0, 0.1) is 6.92 Å². The van der Waals surface area contributed by atoms with Gasteiger partial charge < -0.3 is 5.32 Å². The number of amides is 1. The van der Waals surface area contributed by atoms with Gasteiger partial charge in [0.05, 0.1) is 5.69 Å². The molecule has 9 heteroatoms. The number of carbonyl (C=O) groups is 1. The van der Waals surface area contributed by atoms with E-state index >= 15 is 0 Å². The molecule has 0 radical (unpaired) electrons. The lowest BCUT2D eigenvalue weighted by molar-refractivity contribution is -0.117. The Morgan fingerprint density at radius 3 is 2.45 bits per heavy atom. The molecule has 0 atom stereocenters. The van der Waals surface area contributed by atoms with Crippen molar-refractivity contribution in [3.63, 3.8) is 0 Å². The van der Waals surface area contributed by atoms with Gasteiger partial charge in [0.2, 0.25) is 11.7 Å². The van der Waals surface area contributed by atoms with Gasteiger partial charge in [-0.1, -0.05) is 53.6 Å². The average Bonchev–Trinajstić information content (AvgIpc) is 3.30. The Labute approximate surface area is 172 Å². The van der Waals surface area contributed by atoms with Crippen LogP contribution in [-0.2, 0) is 18.4 Å². The molecule has 0 spiro atoms. The molecule has 29 heavy (non-hydrogen) atoms. The zero-order valence-electron chi connectivity index (χ0n) is 15.9. The van der Waals surface area contributed by atoms with Gasteiger partial charge in [-0.2, -0.15) is 9.90 Å². The van der Waals surface area contributed by atoms with Gasteiger partial charge in [-0.15, -0.1) is 10.2 Å². The maximum atomic E-state index is 12.4. The Bertz CT molecular complexity index is 1150. The summed E-state index contributed by atoms with van der Waals surface area (Å²) in [5.41, 5.74) is 3.64. The largest absolute Gasteiger partial charge is 0.309 e. The van der Waals surface area contributed by atoms with E-state index in [1.807, 2.05) is 43.3 Å². The lowest BCUT2D eigenvalue weighted by Crippen LogP contribution is -2.21. The molecule has 8 nitrogen and oxygen atoms in total. The third kappa shape index (κ3) is 4.33. The Kier molecular flexibility index (Phi) is 5.09. The molecule has 0 unspecified atom stereocenters. The van der Waals surface area contributed by atoms with Crippen molar-refractivity contribution in [1.29, 1.82) is 0 Å². The first kappa shape index (κ1) is 18.8. The van der Waals surface area contributed by atoms with E-state index < -0.39 is 0 Å². The van der Waals surface area contributed by atoms with Crippen LogP contribution in [0.4, 0.5) is 5.82 Å². The third-order valence-corrected chi connectivity index (χ3v) is 4.59. The SMILES string of the molecule is Cc1ccc(-c2nnn(CC(=O)Nc3cc(-c4ccc(Cl)cc4)nn3C)n2)cc1. The standard InChI is InChI=1S/C20H18ClN7O/c1-13-3-5-15(6-4-13)20-23-26-28(25-20)12-19(29)22-18-11-17(24-27(18)2)14-7-9-16(21)10-8-14/h3-11H,12H2,1-2H3,(H,22,29). The van der Waals surface area contributed by atoms with Crippen molar-refractivity contribution in [2.75, 3.05) is 5.32 Å². The first-order valence-corrected chi connectivity index (χ1v) is 9.30. The number of hydrogen-bond donors (Lipinski definition) is 1. The van der Waals surface area contributed by atoms with Crippen molar-refractivity contribution in [1.82, 2.24) is 30.0 Å². The third-order valence-electron chi connectivity index (χ3n) is 4.33. The van der Waals surface area contributed by atoms with Crippen LogP contribution in [0.25, 0.3) is 22.6 Å². The number of aromatic nitrogens is 6. The van der Waals surface area contributed by atoms with Gasteiger partial charge in [-0.25, -0.2) is 0 Å². The minimum absolute atomic E-state index is 0.0552. The Hall–Kier alpha value is -3.52. The molecule has 1 amide bonds. The summed E-state index contributed by atoms with van der Waals surface area (Å²) >= 11 is 5.93. The maximum absolute atomic E-state index is 12.4. The Balaban J connectivity index is 1.44. The van der Waals surface area contributed by atoms with Gasteiger partial charge >= 0.3 is 0 Å². The molecular weight excluding hydrogens is 390 g/mol. The molecule has 0 saturated heterocycles. The minimum Gasteiger partial charge on any atom is -0.309 e. The molecule has 0 aliphatic rings. The van der Waals surface area contributed by atoms with Crippen LogP contribution in [0.15, 0.2) is 54.6 Å². The molecule has 2 aromatic heterocycles. The number of halogens is 1. The van der Waals surface area contributed by atoms with Crippen molar-refractivity contribution in [3.8, 4) is 22.6 Å². The van der Waals surface area contributed by atoms with Crippen LogP contribution in [0.1, 0.15) is 5.56 Å². The lowest BCUT2D eigenvalue weighted by atomic mass is 10.1. The van der Waals surface area contributed by atoms with Crippen LogP contribution in [-0.4, -0.2) is 35.9 Å². The van der Waals surface area contributed by atoms with Crippen molar-refractivity contribution in [2.45, 2.75) is 13.5 Å². The highest BCUT2D eigenvalue weighted by molar-refractivity contribution is 6.30. The van der Waals surface area contributed by atoms with Crippen LogP contribution < -0.4 is 5.32 Å². The number of anilines is 1. The summed E-state index contributed by atoms with van der Waals surface area (Å²) in [6.07, 6.45) is 0. The lowest BCUT2D eigenvalue weighted by Gasteiger charge is -2.03. The van der Waals surface area contributed by atoms with Crippen molar-refractivity contribution in [2.24, 2.45) is 7.05 Å². The molecule has 2 aromatic carbocycles. The zero-order chi connectivity index (χ0) is 20.4. The second-order valence-corrected chi connectivity index (χ2v) is 7.04. The number of rotatable bonds is 5. The fourth-order valence-electron chi connectivity index (χ4n) is 2.79. The monoisotopic (exact) mass is 407 g/mol. The van der Waals surface area contributed by atoms with E-state index in [2.05, 4.69) is 25.8 Å². The van der Waals surface area contributed by atoms with Crippen LogP contribution in [0.5, 0.6) is 0 Å². The first-order chi connectivity index (χ1) is 14.0. The first-order valence-electron chi connectivity index (χ1n) is 8.92. The van der Waals surface area contributed by atoms with E-state index in [1.165, 1.54) is 4.80 Å². The molecule has 0 aliphatic carbocycles. The molecule has 4 rings (SSSR count). The Morgan fingerprint density at radius 2 is 1.72 bits per heavy atom. The van der Waals surface area contributed by atoms with Gasteiger partial charge in [-0.3, -0.25) is 9.48 Å². The second-order valence-electron chi connectivity index (χ2n) is 6.60. The highest BCUT2D eigenvalue weighted by atomic mass is 35.5. The number of benzene rings is 2. The van der Waals surface area contributed by atoms with Crippen molar-refractivity contribution in [3.05, 3.63) is 65.2 Å². The number of nitrogens with zero attached hydrogens (tertiary/aromatic N) is 6. The van der Waals surface area contributed by atoms with Gasteiger partial charge in [-0.05, 0) is 24.3 Å². The molecule has 0 bridgehead atoms. The summed E-state index contributed by atoms with van der Waals surface area (Å²) in [5.74, 6) is 0.769. The van der Waals surface area contributed by atoms with Gasteiger partial charge in [0.15, 0.2) is 0 Å². The van der Waals surface area contributed by atoms with E-state index in [9.17, 15) is 4.79 Å². The number of aryl methyl sites for hydroxylation is 2. The number of nitrogens with one attached hydrogen (secondary N) is 1. The molecule has 4 aromatic rings. The normalized spacial score (nSPS) is 10.9.